The van der Waals surface area contributed by atoms with Crippen LogP contribution >= 0.6 is 0 Å². The standard InChI is InChI=1S/C20H21FN8/c1-12-9-29-11-14(7-15(21)20(29)25-12)26-19-18-16(3-5-23-19)27-17(8-24-18)28-6-4-13(10-28)22-2/h3,5,7-9,11,13,22H,4,6,10H2,1-2H3,(H,23,26)/t13-/m1/s1. The average molecular weight is 392 g/mol. The van der Waals surface area contributed by atoms with E-state index in [1.54, 1.807) is 29.2 Å². The van der Waals surface area contributed by atoms with Crippen LogP contribution in [0.1, 0.15) is 12.1 Å². The highest BCUT2D eigenvalue weighted by Crippen LogP contribution is 2.26. The number of halogens is 1. The highest BCUT2D eigenvalue weighted by Gasteiger charge is 2.22. The molecule has 0 aromatic carbocycles. The van der Waals surface area contributed by atoms with Crippen LogP contribution in [0, 0.1) is 12.7 Å². The second-order valence-corrected chi connectivity index (χ2v) is 7.29. The Hall–Kier alpha value is -3.33. The van der Waals surface area contributed by atoms with Crippen LogP contribution in [0.5, 0.6) is 0 Å². The molecule has 0 bridgehead atoms. The molecule has 0 radical (unpaired) electrons. The number of aryl methyl sites for hydroxylation is 1. The first-order valence-corrected chi connectivity index (χ1v) is 9.56. The maximum atomic E-state index is 14.4. The lowest BCUT2D eigenvalue weighted by atomic mass is 10.3. The first kappa shape index (κ1) is 17.7. The molecule has 0 spiro atoms. The topological polar surface area (TPSA) is 83.3 Å². The van der Waals surface area contributed by atoms with Crippen molar-refractivity contribution in [2.24, 2.45) is 0 Å². The van der Waals surface area contributed by atoms with Gasteiger partial charge < -0.3 is 19.9 Å². The summed E-state index contributed by atoms with van der Waals surface area (Å²) in [4.78, 5) is 20.2. The molecule has 4 aromatic rings. The molecule has 29 heavy (non-hydrogen) atoms. The molecule has 5 rings (SSSR count). The molecule has 1 aliphatic heterocycles. The number of pyridine rings is 2. The fraction of sp³-hybridized carbons (Fsp3) is 0.300. The minimum Gasteiger partial charge on any atom is -0.354 e. The molecule has 1 fully saturated rings. The zero-order valence-corrected chi connectivity index (χ0v) is 16.2. The van der Waals surface area contributed by atoms with Crippen LogP contribution in [0.25, 0.3) is 16.7 Å². The molecule has 0 aliphatic carbocycles. The number of hydrogen-bond donors (Lipinski definition) is 2. The van der Waals surface area contributed by atoms with E-state index in [0.29, 0.717) is 28.7 Å². The monoisotopic (exact) mass is 392 g/mol. The predicted molar refractivity (Wildman–Crippen MR) is 110 cm³/mol. The molecule has 1 saturated heterocycles. The lowest BCUT2D eigenvalue weighted by Crippen LogP contribution is -2.29. The highest BCUT2D eigenvalue weighted by molar-refractivity contribution is 5.87. The zero-order chi connectivity index (χ0) is 20.0. The second-order valence-electron chi connectivity index (χ2n) is 7.29. The number of nitrogens with one attached hydrogen (secondary N) is 2. The minimum absolute atomic E-state index is 0.300. The van der Waals surface area contributed by atoms with Gasteiger partial charge in [-0.25, -0.2) is 24.3 Å². The van der Waals surface area contributed by atoms with Crippen molar-refractivity contribution in [2.45, 2.75) is 19.4 Å². The van der Waals surface area contributed by atoms with Gasteiger partial charge in [-0.05, 0) is 26.5 Å². The van der Waals surface area contributed by atoms with Crippen molar-refractivity contribution in [1.82, 2.24) is 29.7 Å². The van der Waals surface area contributed by atoms with E-state index in [2.05, 4.69) is 30.5 Å². The van der Waals surface area contributed by atoms with Crippen molar-refractivity contribution in [1.29, 1.82) is 0 Å². The lowest BCUT2D eigenvalue weighted by molar-refractivity contribution is 0.616. The summed E-state index contributed by atoms with van der Waals surface area (Å²) in [5.41, 5.74) is 3.00. The Bertz CT molecular complexity index is 1200. The van der Waals surface area contributed by atoms with E-state index in [0.717, 1.165) is 36.5 Å². The zero-order valence-electron chi connectivity index (χ0n) is 16.2. The molecule has 9 heteroatoms. The van der Waals surface area contributed by atoms with Gasteiger partial charge in [0.1, 0.15) is 11.3 Å². The van der Waals surface area contributed by atoms with E-state index in [1.807, 2.05) is 20.0 Å². The van der Waals surface area contributed by atoms with Crippen molar-refractivity contribution in [3.63, 3.8) is 0 Å². The van der Waals surface area contributed by atoms with Crippen molar-refractivity contribution in [2.75, 3.05) is 30.4 Å². The normalized spacial score (nSPS) is 16.8. The Morgan fingerprint density at radius 2 is 2.10 bits per heavy atom. The van der Waals surface area contributed by atoms with Gasteiger partial charge in [0.05, 0.1) is 23.1 Å². The van der Waals surface area contributed by atoms with Crippen LogP contribution < -0.4 is 15.5 Å². The van der Waals surface area contributed by atoms with Crippen LogP contribution in [0.3, 0.4) is 0 Å². The van der Waals surface area contributed by atoms with E-state index in [9.17, 15) is 4.39 Å². The van der Waals surface area contributed by atoms with E-state index in [1.165, 1.54) is 6.07 Å². The van der Waals surface area contributed by atoms with Crippen molar-refractivity contribution in [3.05, 3.63) is 48.4 Å². The average Bonchev–Trinajstić information content (AvgIpc) is 3.34. The van der Waals surface area contributed by atoms with Gasteiger partial charge >= 0.3 is 0 Å². The molecule has 2 N–H and O–H groups in total. The summed E-state index contributed by atoms with van der Waals surface area (Å²) in [7, 11) is 1.98. The number of nitrogens with zero attached hydrogens (tertiary/aromatic N) is 6. The Labute approximate surface area is 166 Å². The number of likely N-dealkylation sites (N-methyl/N-ethyl adjacent to an activating group) is 1. The van der Waals surface area contributed by atoms with Gasteiger partial charge in [-0.15, -0.1) is 0 Å². The first-order chi connectivity index (χ1) is 14.1. The summed E-state index contributed by atoms with van der Waals surface area (Å²) in [5, 5.41) is 6.48. The molecule has 1 aliphatic rings. The van der Waals surface area contributed by atoms with Gasteiger partial charge in [0, 0.05) is 43.8 Å². The van der Waals surface area contributed by atoms with Crippen molar-refractivity contribution in [3.8, 4) is 0 Å². The fourth-order valence-corrected chi connectivity index (χ4v) is 3.77. The molecule has 0 unspecified atom stereocenters. The molecule has 1 atom stereocenters. The molecular weight excluding hydrogens is 371 g/mol. The van der Waals surface area contributed by atoms with Crippen molar-refractivity contribution < 1.29 is 4.39 Å². The quantitative estimate of drug-likeness (QED) is 0.552. The van der Waals surface area contributed by atoms with Gasteiger partial charge in [-0.2, -0.15) is 0 Å². The number of imidazole rings is 1. The molecule has 4 aromatic heterocycles. The highest BCUT2D eigenvalue weighted by atomic mass is 19.1. The van der Waals surface area contributed by atoms with Crippen LogP contribution in [0.2, 0.25) is 0 Å². The predicted octanol–water partition coefficient (Wildman–Crippen LogP) is 2.66. The summed E-state index contributed by atoms with van der Waals surface area (Å²) in [6.45, 7) is 3.69. The molecule has 5 heterocycles. The Kier molecular flexibility index (Phi) is 4.24. The molecule has 0 amide bonds. The first-order valence-electron chi connectivity index (χ1n) is 9.56. The fourth-order valence-electron chi connectivity index (χ4n) is 3.77. The van der Waals surface area contributed by atoms with Crippen LogP contribution in [-0.4, -0.2) is 50.5 Å². The van der Waals surface area contributed by atoms with E-state index >= 15 is 0 Å². The smallest absolute Gasteiger partial charge is 0.173 e. The van der Waals surface area contributed by atoms with E-state index in [4.69, 9.17) is 4.98 Å². The second kappa shape index (κ2) is 6.93. The maximum absolute atomic E-state index is 14.4. The van der Waals surface area contributed by atoms with Crippen LogP contribution in [0.15, 0.2) is 36.9 Å². The Morgan fingerprint density at radius 3 is 2.93 bits per heavy atom. The number of aromatic nitrogens is 5. The van der Waals surface area contributed by atoms with Gasteiger partial charge in [0.2, 0.25) is 0 Å². The largest absolute Gasteiger partial charge is 0.354 e. The Balaban J connectivity index is 1.48. The number of anilines is 3. The maximum Gasteiger partial charge on any atom is 0.173 e. The Morgan fingerprint density at radius 1 is 1.21 bits per heavy atom. The minimum atomic E-state index is -0.398. The number of rotatable bonds is 4. The van der Waals surface area contributed by atoms with E-state index in [-0.39, 0.29) is 0 Å². The summed E-state index contributed by atoms with van der Waals surface area (Å²) in [6, 6.07) is 3.72. The van der Waals surface area contributed by atoms with Crippen LogP contribution in [-0.2, 0) is 0 Å². The third-order valence-corrected chi connectivity index (χ3v) is 5.26. The SMILES string of the molecule is CN[C@@H]1CCN(c2cnc3c(Nc4cc(F)c5nc(C)cn5c4)nccc3n2)C1. The van der Waals surface area contributed by atoms with Gasteiger partial charge in [-0.3, -0.25) is 0 Å². The third kappa shape index (κ3) is 3.23. The summed E-state index contributed by atoms with van der Waals surface area (Å²) < 4.78 is 16.0. The number of fused-ring (bicyclic) bond motifs is 2. The summed E-state index contributed by atoms with van der Waals surface area (Å²) in [5.74, 6) is 0.991. The van der Waals surface area contributed by atoms with Gasteiger partial charge in [0.25, 0.3) is 0 Å². The molecule has 8 nitrogen and oxygen atoms in total. The summed E-state index contributed by atoms with van der Waals surface area (Å²) in [6.07, 6.45) is 8.10. The summed E-state index contributed by atoms with van der Waals surface area (Å²) >= 11 is 0. The van der Waals surface area contributed by atoms with Crippen molar-refractivity contribution >= 4 is 34.0 Å². The van der Waals surface area contributed by atoms with Crippen LogP contribution in [0.4, 0.5) is 21.7 Å². The van der Waals surface area contributed by atoms with Gasteiger partial charge in [0.15, 0.2) is 17.3 Å². The van der Waals surface area contributed by atoms with Gasteiger partial charge in [-0.1, -0.05) is 0 Å². The third-order valence-electron chi connectivity index (χ3n) is 5.26. The van der Waals surface area contributed by atoms with E-state index < -0.39 is 5.82 Å². The number of hydrogen-bond acceptors (Lipinski definition) is 7. The molecule has 0 saturated carbocycles. The molecular formula is C20H21FN8. The molecule has 148 valence electrons. The lowest BCUT2D eigenvalue weighted by Gasteiger charge is -2.17.